The molecule has 0 aromatic heterocycles. The van der Waals surface area contributed by atoms with Crippen molar-refractivity contribution in [2.75, 3.05) is 0 Å². The first kappa shape index (κ1) is 19.2. The van der Waals surface area contributed by atoms with E-state index in [2.05, 4.69) is 19.1 Å². The van der Waals surface area contributed by atoms with Gasteiger partial charge in [0.25, 0.3) is 0 Å². The number of cyclic esters (lactones) is 1. The largest absolute Gasteiger partial charge is 0.458 e. The highest BCUT2D eigenvalue weighted by Crippen LogP contribution is 2.36. The normalized spacial score (nSPS) is 34.3. The van der Waals surface area contributed by atoms with Crippen LogP contribution in [0.1, 0.15) is 64.7 Å². The molecule has 0 radical (unpaired) electrons. The third-order valence-corrected chi connectivity index (χ3v) is 5.17. The van der Waals surface area contributed by atoms with Gasteiger partial charge in [0, 0.05) is 18.8 Å². The number of aliphatic hydroxyl groups is 2. The molecule has 0 aromatic rings. The number of esters is 1. The summed E-state index contributed by atoms with van der Waals surface area (Å²) in [6.07, 6.45) is 15.2. The molecule has 5 atom stereocenters. The molecule has 1 saturated carbocycles. The van der Waals surface area contributed by atoms with Crippen molar-refractivity contribution in [1.82, 2.24) is 0 Å². The summed E-state index contributed by atoms with van der Waals surface area (Å²) < 4.78 is 5.30. The van der Waals surface area contributed by atoms with Crippen molar-refractivity contribution in [3.05, 3.63) is 24.3 Å². The average Bonchev–Trinajstić information content (AvgIpc) is 2.82. The molecule has 1 aliphatic heterocycles. The van der Waals surface area contributed by atoms with Crippen molar-refractivity contribution in [2.45, 2.75) is 83.0 Å². The highest BCUT2D eigenvalue weighted by molar-refractivity contribution is 5.70. The van der Waals surface area contributed by atoms with Crippen LogP contribution in [0.3, 0.4) is 0 Å². The van der Waals surface area contributed by atoms with E-state index >= 15 is 0 Å². The van der Waals surface area contributed by atoms with Crippen molar-refractivity contribution in [1.29, 1.82) is 0 Å². The van der Waals surface area contributed by atoms with Crippen molar-refractivity contribution in [3.8, 4) is 0 Å². The smallest absolute Gasteiger partial charge is 0.306 e. The van der Waals surface area contributed by atoms with Crippen LogP contribution in [0.2, 0.25) is 0 Å². The Morgan fingerprint density at radius 3 is 2.75 bits per heavy atom. The predicted molar refractivity (Wildman–Crippen MR) is 94.4 cm³/mol. The van der Waals surface area contributed by atoms with Gasteiger partial charge in [0.15, 0.2) is 0 Å². The van der Waals surface area contributed by atoms with E-state index < -0.39 is 12.2 Å². The zero-order chi connectivity index (χ0) is 17.4. The maximum Gasteiger partial charge on any atom is 0.306 e. The number of aliphatic hydroxyl groups excluding tert-OH is 2. The Morgan fingerprint density at radius 2 is 2.00 bits per heavy atom. The molecule has 0 bridgehead atoms. The molecule has 0 amide bonds. The second-order valence-electron chi connectivity index (χ2n) is 7.12. The number of carbonyl (C=O) groups is 1. The molecule has 4 nitrogen and oxygen atoms in total. The summed E-state index contributed by atoms with van der Waals surface area (Å²) in [5.41, 5.74) is 0. The molecule has 136 valence electrons. The SMILES string of the molecule is CCCCC/C=C\C[C@H]1[C@@H](/C=C/[C@@H]2CCCC(=O)O2)[C@@H](O)C[C@H]1O. The molecule has 24 heavy (non-hydrogen) atoms. The first-order valence-corrected chi connectivity index (χ1v) is 9.50. The van der Waals surface area contributed by atoms with Gasteiger partial charge in [-0.1, -0.05) is 38.0 Å². The summed E-state index contributed by atoms with van der Waals surface area (Å²) in [5.74, 6) is -0.173. The van der Waals surface area contributed by atoms with Gasteiger partial charge in [-0.25, -0.2) is 0 Å². The summed E-state index contributed by atoms with van der Waals surface area (Å²) in [5, 5.41) is 20.5. The number of unbranched alkanes of at least 4 members (excludes halogenated alkanes) is 3. The Balaban J connectivity index is 1.86. The number of rotatable bonds is 8. The van der Waals surface area contributed by atoms with Gasteiger partial charge in [-0.3, -0.25) is 4.79 Å². The average molecular weight is 336 g/mol. The van der Waals surface area contributed by atoms with Crippen LogP contribution in [0.25, 0.3) is 0 Å². The molecular formula is C20H32O4. The Labute approximate surface area is 145 Å². The molecule has 0 aromatic carbocycles. The lowest BCUT2D eigenvalue weighted by Gasteiger charge is -2.22. The van der Waals surface area contributed by atoms with Gasteiger partial charge < -0.3 is 14.9 Å². The maximum atomic E-state index is 11.3. The van der Waals surface area contributed by atoms with Crippen LogP contribution < -0.4 is 0 Å². The molecule has 0 spiro atoms. The maximum absolute atomic E-state index is 11.3. The van der Waals surface area contributed by atoms with Crippen molar-refractivity contribution >= 4 is 5.97 Å². The molecule has 1 heterocycles. The van der Waals surface area contributed by atoms with E-state index in [-0.39, 0.29) is 23.9 Å². The number of ether oxygens (including phenoxy) is 1. The Hall–Kier alpha value is -1.13. The quantitative estimate of drug-likeness (QED) is 0.404. The molecular weight excluding hydrogens is 304 g/mol. The fourth-order valence-corrected chi connectivity index (χ4v) is 3.71. The van der Waals surface area contributed by atoms with E-state index in [9.17, 15) is 15.0 Å². The highest BCUT2D eigenvalue weighted by atomic mass is 16.5. The number of allylic oxidation sites excluding steroid dienone is 2. The standard InChI is InChI=1S/C20H32O4/c1-2-3-4-5-6-7-10-16-17(19(22)14-18(16)21)13-12-15-9-8-11-20(23)24-15/h6-7,12-13,15-19,21-22H,2-5,8-11,14H2,1H3/b7-6-,13-12+/t15-,16-,17+,18+,19-/m0/s1. The van der Waals surface area contributed by atoms with Crippen LogP contribution in [-0.2, 0) is 9.53 Å². The first-order chi connectivity index (χ1) is 11.6. The highest BCUT2D eigenvalue weighted by Gasteiger charge is 2.39. The third-order valence-electron chi connectivity index (χ3n) is 5.17. The zero-order valence-electron chi connectivity index (χ0n) is 14.8. The molecule has 2 fully saturated rings. The Bertz CT molecular complexity index is 443. The number of hydrogen-bond donors (Lipinski definition) is 2. The van der Waals surface area contributed by atoms with Crippen LogP contribution in [0.5, 0.6) is 0 Å². The molecule has 1 saturated heterocycles. The Morgan fingerprint density at radius 1 is 1.17 bits per heavy atom. The van der Waals surface area contributed by atoms with Gasteiger partial charge in [-0.15, -0.1) is 0 Å². The van der Waals surface area contributed by atoms with E-state index in [0.29, 0.717) is 12.8 Å². The summed E-state index contributed by atoms with van der Waals surface area (Å²) in [7, 11) is 0. The van der Waals surface area contributed by atoms with Crippen LogP contribution in [0, 0.1) is 11.8 Å². The van der Waals surface area contributed by atoms with Gasteiger partial charge in [0.2, 0.25) is 0 Å². The second kappa shape index (κ2) is 10.00. The van der Waals surface area contributed by atoms with Crippen molar-refractivity contribution in [3.63, 3.8) is 0 Å². The van der Waals surface area contributed by atoms with Crippen LogP contribution in [0.15, 0.2) is 24.3 Å². The van der Waals surface area contributed by atoms with Crippen LogP contribution in [0.4, 0.5) is 0 Å². The van der Waals surface area contributed by atoms with E-state index in [0.717, 1.165) is 25.7 Å². The van der Waals surface area contributed by atoms with Gasteiger partial charge >= 0.3 is 5.97 Å². The van der Waals surface area contributed by atoms with Crippen molar-refractivity contribution in [2.24, 2.45) is 11.8 Å². The Kier molecular flexibility index (Phi) is 8.00. The predicted octanol–water partition coefficient (Wildman–Crippen LogP) is 3.52. The van der Waals surface area contributed by atoms with Crippen molar-refractivity contribution < 1.29 is 19.7 Å². The van der Waals surface area contributed by atoms with E-state index in [1.54, 1.807) is 0 Å². The van der Waals surface area contributed by atoms with E-state index in [1.807, 2.05) is 12.2 Å². The summed E-state index contributed by atoms with van der Waals surface area (Å²) in [6, 6.07) is 0. The first-order valence-electron chi connectivity index (χ1n) is 9.50. The fourth-order valence-electron chi connectivity index (χ4n) is 3.71. The molecule has 1 aliphatic carbocycles. The van der Waals surface area contributed by atoms with Gasteiger partial charge in [0.05, 0.1) is 12.2 Å². The van der Waals surface area contributed by atoms with Gasteiger partial charge in [-0.2, -0.15) is 0 Å². The molecule has 2 N–H and O–H groups in total. The summed E-state index contributed by atoms with van der Waals surface area (Å²) in [6.45, 7) is 2.19. The number of hydrogen-bond acceptors (Lipinski definition) is 4. The van der Waals surface area contributed by atoms with Crippen LogP contribution >= 0.6 is 0 Å². The van der Waals surface area contributed by atoms with Crippen LogP contribution in [-0.4, -0.2) is 34.5 Å². The minimum absolute atomic E-state index is 0.0398. The summed E-state index contributed by atoms with van der Waals surface area (Å²) in [4.78, 5) is 11.3. The monoisotopic (exact) mass is 336 g/mol. The third kappa shape index (κ3) is 5.75. The lowest BCUT2D eigenvalue weighted by atomic mass is 9.89. The molecule has 4 heteroatoms. The fraction of sp³-hybridized carbons (Fsp3) is 0.750. The summed E-state index contributed by atoms with van der Waals surface area (Å²) >= 11 is 0. The van der Waals surface area contributed by atoms with Gasteiger partial charge in [-0.05, 0) is 44.1 Å². The topological polar surface area (TPSA) is 66.8 Å². The minimum atomic E-state index is -0.519. The minimum Gasteiger partial charge on any atom is -0.458 e. The lowest BCUT2D eigenvalue weighted by Crippen LogP contribution is -2.23. The number of carbonyl (C=O) groups excluding carboxylic acids is 1. The zero-order valence-corrected chi connectivity index (χ0v) is 14.8. The van der Waals surface area contributed by atoms with E-state index in [4.69, 9.17) is 4.74 Å². The lowest BCUT2D eigenvalue weighted by molar-refractivity contribution is -0.150. The van der Waals surface area contributed by atoms with Gasteiger partial charge in [0.1, 0.15) is 6.10 Å². The molecule has 0 unspecified atom stereocenters. The van der Waals surface area contributed by atoms with E-state index in [1.165, 1.54) is 19.3 Å². The molecule has 2 aliphatic rings. The molecule has 2 rings (SSSR count). The second-order valence-corrected chi connectivity index (χ2v) is 7.12.